The van der Waals surface area contributed by atoms with Crippen molar-refractivity contribution in [3.63, 3.8) is 0 Å². The third-order valence-electron chi connectivity index (χ3n) is 8.26. The molecule has 1 aromatic carbocycles. The van der Waals surface area contributed by atoms with E-state index in [2.05, 4.69) is 52.2 Å². The van der Waals surface area contributed by atoms with E-state index in [-0.39, 0.29) is 0 Å². The molecule has 0 radical (unpaired) electrons. The molecule has 4 aliphatic rings. The number of hydrogen-bond acceptors (Lipinski definition) is 7. The van der Waals surface area contributed by atoms with E-state index >= 15 is 0 Å². The van der Waals surface area contributed by atoms with Gasteiger partial charge in [-0.05, 0) is 84.6 Å². The van der Waals surface area contributed by atoms with E-state index in [0.717, 1.165) is 12.5 Å². The van der Waals surface area contributed by atoms with Crippen molar-refractivity contribution in [2.45, 2.75) is 51.6 Å². The van der Waals surface area contributed by atoms with Gasteiger partial charge in [0.1, 0.15) is 17.5 Å². The van der Waals surface area contributed by atoms with E-state index in [1.54, 1.807) is 17.5 Å². The Balaban J connectivity index is 1.17. The van der Waals surface area contributed by atoms with Gasteiger partial charge in [0, 0.05) is 23.8 Å². The van der Waals surface area contributed by atoms with Gasteiger partial charge in [0.2, 0.25) is 5.95 Å². The molecule has 4 N–H and O–H groups in total. The van der Waals surface area contributed by atoms with Crippen LogP contribution in [0.3, 0.4) is 0 Å². The van der Waals surface area contributed by atoms with Gasteiger partial charge in [0.05, 0.1) is 6.20 Å². The zero-order valence-electron chi connectivity index (χ0n) is 19.0. The average molecular weight is 459 g/mol. The van der Waals surface area contributed by atoms with Crippen LogP contribution in [-0.2, 0) is 6.54 Å². The molecule has 7 heteroatoms. The first-order valence-corrected chi connectivity index (χ1v) is 12.9. The summed E-state index contributed by atoms with van der Waals surface area (Å²) in [4.78, 5) is 9.09. The molecule has 0 saturated heterocycles. The fraction of sp³-hybridized carbons (Fsp3) is 0.500. The van der Waals surface area contributed by atoms with Gasteiger partial charge in [-0.1, -0.05) is 17.7 Å². The second-order valence-corrected chi connectivity index (χ2v) is 11.5. The van der Waals surface area contributed by atoms with Crippen molar-refractivity contribution in [3.8, 4) is 6.07 Å². The summed E-state index contributed by atoms with van der Waals surface area (Å²) >= 11 is 1.76. The normalized spacial score (nSPS) is 29.8. The van der Waals surface area contributed by atoms with Gasteiger partial charge >= 0.3 is 0 Å². The lowest BCUT2D eigenvalue weighted by Gasteiger charge is -2.59. The molecular weight excluding hydrogens is 428 g/mol. The van der Waals surface area contributed by atoms with Gasteiger partial charge in [-0.2, -0.15) is 10.2 Å². The zero-order chi connectivity index (χ0) is 22.6. The van der Waals surface area contributed by atoms with E-state index in [4.69, 9.17) is 10.7 Å². The van der Waals surface area contributed by atoms with Crippen molar-refractivity contribution in [2.24, 2.45) is 28.9 Å². The van der Waals surface area contributed by atoms with Gasteiger partial charge in [0.15, 0.2) is 0 Å². The topological polar surface area (TPSA) is 99.7 Å². The molecule has 5 atom stereocenters. The van der Waals surface area contributed by atoms with E-state index in [9.17, 15) is 5.26 Å². The Morgan fingerprint density at radius 2 is 2.03 bits per heavy atom. The third kappa shape index (κ3) is 3.75. The van der Waals surface area contributed by atoms with Crippen LogP contribution in [0.2, 0.25) is 0 Å². The highest BCUT2D eigenvalue weighted by atomic mass is 32.1. The quantitative estimate of drug-likeness (QED) is 0.478. The highest BCUT2D eigenvalue weighted by Gasteiger charge is 2.54. The van der Waals surface area contributed by atoms with E-state index in [0.29, 0.717) is 47.2 Å². The van der Waals surface area contributed by atoms with Crippen molar-refractivity contribution in [3.05, 3.63) is 46.5 Å². The number of thiophene rings is 1. The number of benzene rings is 1. The van der Waals surface area contributed by atoms with Crippen molar-refractivity contribution in [2.75, 3.05) is 17.2 Å². The van der Waals surface area contributed by atoms with Crippen molar-refractivity contribution in [1.29, 1.82) is 5.26 Å². The molecule has 1 unspecified atom stereocenters. The SMILES string of the molecule is Cc1ccc2scc(CNc3ncc(C#N)c(NC[C@]45CC6C[C@H](C4)[C@@H](N)[C@@H](C6)C5)n3)c2c1. The van der Waals surface area contributed by atoms with Crippen LogP contribution in [0.15, 0.2) is 29.8 Å². The number of anilines is 2. The van der Waals surface area contributed by atoms with Crippen LogP contribution >= 0.6 is 11.3 Å². The predicted octanol–water partition coefficient (Wildman–Crippen LogP) is 5.05. The molecule has 6 nitrogen and oxygen atoms in total. The van der Waals surface area contributed by atoms with Gasteiger partial charge in [-0.3, -0.25) is 0 Å². The minimum atomic E-state index is 0.297. The van der Waals surface area contributed by atoms with E-state index in [1.807, 2.05) is 0 Å². The number of aromatic nitrogens is 2. The standard InChI is InChI=1S/C26H30N6S/c1-15-2-3-22-21(4-15)20(13-33-22)12-30-25-29-11-19(10-27)24(32-25)31-14-26-7-16-5-17(8-26)23(28)18(6-16)9-26/h2-4,11,13,16-18,23H,5-9,12,14,28H2,1H3,(H2,29,30,31,32)/t16?,17-,18+,23-,26-. The maximum Gasteiger partial charge on any atom is 0.224 e. The molecule has 0 aliphatic heterocycles. The van der Waals surface area contributed by atoms with E-state index in [1.165, 1.54) is 53.3 Å². The van der Waals surface area contributed by atoms with Gasteiger partial charge in [-0.25, -0.2) is 4.98 Å². The molecule has 0 amide bonds. The zero-order valence-corrected chi connectivity index (χ0v) is 19.8. The summed E-state index contributed by atoms with van der Waals surface area (Å²) in [7, 11) is 0. The molecule has 4 bridgehead atoms. The average Bonchev–Trinajstić information content (AvgIpc) is 3.21. The maximum absolute atomic E-state index is 9.62. The van der Waals surface area contributed by atoms with E-state index < -0.39 is 0 Å². The number of nitrogens with zero attached hydrogens (tertiary/aromatic N) is 3. The summed E-state index contributed by atoms with van der Waals surface area (Å²) in [5.41, 5.74) is 9.82. The second-order valence-electron chi connectivity index (χ2n) is 10.6. The van der Waals surface area contributed by atoms with Gasteiger partial charge < -0.3 is 16.4 Å². The number of nitrogens with two attached hydrogens (primary N) is 1. The molecule has 4 aliphatic carbocycles. The number of hydrogen-bond donors (Lipinski definition) is 3. The number of fused-ring (bicyclic) bond motifs is 1. The smallest absolute Gasteiger partial charge is 0.224 e. The van der Waals surface area contributed by atoms with Gasteiger partial charge in [-0.15, -0.1) is 11.3 Å². The van der Waals surface area contributed by atoms with Gasteiger partial charge in [0.25, 0.3) is 0 Å². The lowest BCUT2D eigenvalue weighted by Crippen LogP contribution is -2.58. The number of nitrogens with one attached hydrogen (secondary N) is 2. The Morgan fingerprint density at radius 1 is 1.21 bits per heavy atom. The third-order valence-corrected chi connectivity index (χ3v) is 9.27. The number of nitriles is 1. The molecule has 4 fully saturated rings. The first kappa shape index (κ1) is 20.9. The Morgan fingerprint density at radius 3 is 2.82 bits per heavy atom. The summed E-state index contributed by atoms with van der Waals surface area (Å²) in [6.07, 6.45) is 7.93. The predicted molar refractivity (Wildman–Crippen MR) is 133 cm³/mol. The highest BCUT2D eigenvalue weighted by Crippen LogP contribution is 2.59. The van der Waals surface area contributed by atoms with Crippen molar-refractivity contribution >= 4 is 33.2 Å². The number of rotatable bonds is 6. The monoisotopic (exact) mass is 458 g/mol. The lowest BCUT2D eigenvalue weighted by atomic mass is 9.48. The molecule has 2 aromatic heterocycles. The molecule has 2 heterocycles. The first-order valence-electron chi connectivity index (χ1n) is 12.0. The fourth-order valence-electron chi connectivity index (χ4n) is 6.91. The summed E-state index contributed by atoms with van der Waals surface area (Å²) in [5, 5.41) is 20.0. The minimum absolute atomic E-state index is 0.297. The summed E-state index contributed by atoms with van der Waals surface area (Å²) in [6.45, 7) is 3.64. The maximum atomic E-state index is 9.62. The summed E-state index contributed by atoms with van der Waals surface area (Å²) < 4.78 is 1.29. The molecular formula is C26H30N6S. The highest BCUT2D eigenvalue weighted by molar-refractivity contribution is 7.17. The lowest BCUT2D eigenvalue weighted by molar-refractivity contribution is -0.0591. The number of aryl methyl sites for hydroxylation is 1. The Labute approximate surface area is 198 Å². The van der Waals surface area contributed by atoms with Crippen LogP contribution in [0, 0.1) is 41.4 Å². The first-order chi connectivity index (χ1) is 16.0. The molecule has 4 saturated carbocycles. The van der Waals surface area contributed by atoms with Crippen LogP contribution in [0.5, 0.6) is 0 Å². The second kappa shape index (κ2) is 7.96. The summed E-state index contributed by atoms with van der Waals surface area (Å²) in [5.74, 6) is 3.35. The molecule has 0 spiro atoms. The Kier molecular flexibility index (Phi) is 5.04. The van der Waals surface area contributed by atoms with Crippen LogP contribution in [0.4, 0.5) is 11.8 Å². The molecule has 3 aromatic rings. The minimum Gasteiger partial charge on any atom is -0.368 e. The van der Waals surface area contributed by atoms with Crippen LogP contribution < -0.4 is 16.4 Å². The van der Waals surface area contributed by atoms with Crippen molar-refractivity contribution < 1.29 is 0 Å². The van der Waals surface area contributed by atoms with Crippen LogP contribution in [-0.4, -0.2) is 22.6 Å². The Hall–Kier alpha value is -2.69. The van der Waals surface area contributed by atoms with Crippen LogP contribution in [0.25, 0.3) is 10.1 Å². The fourth-order valence-corrected chi connectivity index (χ4v) is 7.85. The van der Waals surface area contributed by atoms with Crippen LogP contribution in [0.1, 0.15) is 48.8 Å². The molecule has 33 heavy (non-hydrogen) atoms. The summed E-state index contributed by atoms with van der Waals surface area (Å²) in [6, 6.07) is 9.19. The molecule has 170 valence electrons. The Bertz CT molecular complexity index is 1230. The largest absolute Gasteiger partial charge is 0.368 e. The van der Waals surface area contributed by atoms with Crippen molar-refractivity contribution in [1.82, 2.24) is 9.97 Å². The molecule has 7 rings (SSSR count).